The zero-order valence-corrected chi connectivity index (χ0v) is 14.3. The van der Waals surface area contributed by atoms with Gasteiger partial charge in [-0.2, -0.15) is 0 Å². The monoisotopic (exact) mass is 377 g/mol. The standard InChI is InChI=1S/C17H16BrNO4/c1-11-5-3-4-6-14(11)19-16(20)10-23-15-8-7-12(9-13(15)18)17(21)22-2/h3-9H,10H2,1-2H3,(H,19,20). The molecule has 1 N–H and O–H groups in total. The van der Waals surface area contributed by atoms with Gasteiger partial charge in [0.15, 0.2) is 6.61 Å². The molecule has 0 heterocycles. The van der Waals surface area contributed by atoms with E-state index in [1.165, 1.54) is 7.11 Å². The topological polar surface area (TPSA) is 64.6 Å². The molecule has 0 saturated heterocycles. The number of amides is 1. The number of hydrogen-bond acceptors (Lipinski definition) is 4. The van der Waals surface area contributed by atoms with E-state index in [2.05, 4.69) is 26.0 Å². The average Bonchev–Trinajstić information content (AvgIpc) is 2.55. The van der Waals surface area contributed by atoms with E-state index in [-0.39, 0.29) is 12.5 Å². The van der Waals surface area contributed by atoms with Crippen LogP contribution in [0.5, 0.6) is 5.75 Å². The molecule has 2 aromatic rings. The van der Waals surface area contributed by atoms with Crippen molar-refractivity contribution in [1.29, 1.82) is 0 Å². The summed E-state index contributed by atoms with van der Waals surface area (Å²) in [7, 11) is 1.32. The maximum Gasteiger partial charge on any atom is 0.337 e. The van der Waals surface area contributed by atoms with Crippen LogP contribution in [0.4, 0.5) is 5.69 Å². The maximum atomic E-state index is 11.9. The predicted octanol–water partition coefficient (Wildman–Crippen LogP) is 3.56. The Kier molecular flexibility index (Phi) is 5.76. The molecular weight excluding hydrogens is 362 g/mol. The first-order chi connectivity index (χ1) is 11.0. The van der Waals surface area contributed by atoms with Crippen molar-refractivity contribution in [3.05, 3.63) is 58.1 Å². The number of carbonyl (C=O) groups excluding carboxylic acids is 2. The molecule has 5 nitrogen and oxygen atoms in total. The van der Waals surface area contributed by atoms with E-state index in [9.17, 15) is 9.59 Å². The summed E-state index contributed by atoms with van der Waals surface area (Å²) >= 11 is 3.31. The zero-order valence-electron chi connectivity index (χ0n) is 12.8. The summed E-state index contributed by atoms with van der Waals surface area (Å²) < 4.78 is 10.7. The van der Waals surface area contributed by atoms with Crippen LogP contribution in [0.2, 0.25) is 0 Å². The van der Waals surface area contributed by atoms with Gasteiger partial charge in [-0.25, -0.2) is 4.79 Å². The highest BCUT2D eigenvalue weighted by molar-refractivity contribution is 9.10. The molecule has 0 atom stereocenters. The summed E-state index contributed by atoms with van der Waals surface area (Å²) in [6, 6.07) is 12.3. The fourth-order valence-electron chi connectivity index (χ4n) is 1.91. The molecular formula is C17H16BrNO4. The van der Waals surface area contributed by atoms with E-state index in [4.69, 9.17) is 4.74 Å². The number of carbonyl (C=O) groups is 2. The lowest BCUT2D eigenvalue weighted by atomic mass is 10.2. The molecule has 0 aromatic heterocycles. The second kappa shape index (κ2) is 7.78. The van der Waals surface area contributed by atoms with E-state index in [1.54, 1.807) is 18.2 Å². The summed E-state index contributed by atoms with van der Waals surface area (Å²) in [5.41, 5.74) is 2.13. The Balaban J connectivity index is 1.97. The third kappa shape index (κ3) is 4.56. The fourth-order valence-corrected chi connectivity index (χ4v) is 2.40. The van der Waals surface area contributed by atoms with Gasteiger partial charge < -0.3 is 14.8 Å². The predicted molar refractivity (Wildman–Crippen MR) is 90.8 cm³/mol. The van der Waals surface area contributed by atoms with Gasteiger partial charge in [-0.3, -0.25) is 4.79 Å². The van der Waals surface area contributed by atoms with Crippen LogP contribution in [0.25, 0.3) is 0 Å². The maximum absolute atomic E-state index is 11.9. The van der Waals surface area contributed by atoms with Crippen molar-refractivity contribution in [2.45, 2.75) is 6.92 Å². The van der Waals surface area contributed by atoms with Gasteiger partial charge in [-0.05, 0) is 52.7 Å². The summed E-state index contributed by atoms with van der Waals surface area (Å²) in [4.78, 5) is 23.4. The molecule has 0 aliphatic heterocycles. The van der Waals surface area contributed by atoms with Gasteiger partial charge in [-0.15, -0.1) is 0 Å². The van der Waals surface area contributed by atoms with Crippen LogP contribution >= 0.6 is 15.9 Å². The van der Waals surface area contributed by atoms with E-state index in [1.807, 2.05) is 31.2 Å². The highest BCUT2D eigenvalue weighted by Gasteiger charge is 2.11. The molecule has 6 heteroatoms. The van der Waals surface area contributed by atoms with Crippen LogP contribution in [0.1, 0.15) is 15.9 Å². The Labute approximate surface area is 142 Å². The fraction of sp³-hybridized carbons (Fsp3) is 0.176. The first kappa shape index (κ1) is 17.0. The number of rotatable bonds is 5. The minimum absolute atomic E-state index is 0.134. The number of anilines is 1. The molecule has 2 aromatic carbocycles. The van der Waals surface area contributed by atoms with Crippen molar-refractivity contribution in [3.63, 3.8) is 0 Å². The first-order valence-corrected chi connectivity index (χ1v) is 7.66. The van der Waals surface area contributed by atoms with E-state index >= 15 is 0 Å². The van der Waals surface area contributed by atoms with Crippen molar-refractivity contribution in [2.75, 3.05) is 19.0 Å². The number of benzene rings is 2. The van der Waals surface area contributed by atoms with Crippen LogP contribution in [0, 0.1) is 6.92 Å². The van der Waals surface area contributed by atoms with Crippen molar-refractivity contribution in [3.8, 4) is 5.75 Å². The van der Waals surface area contributed by atoms with Crippen molar-refractivity contribution in [2.24, 2.45) is 0 Å². The lowest BCUT2D eigenvalue weighted by Crippen LogP contribution is -2.20. The van der Waals surface area contributed by atoms with Crippen LogP contribution in [0.3, 0.4) is 0 Å². The summed E-state index contributed by atoms with van der Waals surface area (Å²) in [6.07, 6.45) is 0. The molecule has 23 heavy (non-hydrogen) atoms. The average molecular weight is 378 g/mol. The van der Waals surface area contributed by atoms with Crippen molar-refractivity contribution >= 4 is 33.5 Å². The largest absolute Gasteiger partial charge is 0.483 e. The molecule has 0 aliphatic rings. The summed E-state index contributed by atoms with van der Waals surface area (Å²) in [6.45, 7) is 1.78. The van der Waals surface area contributed by atoms with Crippen LogP contribution < -0.4 is 10.1 Å². The van der Waals surface area contributed by atoms with Gasteiger partial charge in [-0.1, -0.05) is 18.2 Å². The smallest absolute Gasteiger partial charge is 0.337 e. The number of halogens is 1. The molecule has 0 saturated carbocycles. The molecule has 0 fully saturated rings. The Morgan fingerprint density at radius 3 is 2.57 bits per heavy atom. The van der Waals surface area contributed by atoms with Gasteiger partial charge in [0, 0.05) is 5.69 Å². The molecule has 0 unspecified atom stereocenters. The number of hydrogen-bond donors (Lipinski definition) is 1. The second-order valence-electron chi connectivity index (χ2n) is 4.79. The van der Waals surface area contributed by atoms with Gasteiger partial charge in [0.1, 0.15) is 5.75 Å². The van der Waals surface area contributed by atoms with Crippen LogP contribution in [-0.2, 0) is 9.53 Å². The Hall–Kier alpha value is -2.34. The van der Waals surface area contributed by atoms with Gasteiger partial charge >= 0.3 is 5.97 Å². The van der Waals surface area contributed by atoms with Crippen molar-refractivity contribution in [1.82, 2.24) is 0 Å². The Morgan fingerprint density at radius 1 is 1.17 bits per heavy atom. The van der Waals surface area contributed by atoms with Gasteiger partial charge in [0.25, 0.3) is 5.91 Å². The first-order valence-electron chi connectivity index (χ1n) is 6.87. The van der Waals surface area contributed by atoms with Crippen LogP contribution in [0.15, 0.2) is 46.9 Å². The normalized spacial score (nSPS) is 10.0. The summed E-state index contributed by atoms with van der Waals surface area (Å²) in [5.74, 6) is -0.227. The minimum atomic E-state index is -0.436. The number of methoxy groups -OCH3 is 1. The number of aryl methyl sites for hydroxylation is 1. The molecule has 0 bridgehead atoms. The van der Waals surface area contributed by atoms with Crippen molar-refractivity contribution < 1.29 is 19.1 Å². The number of ether oxygens (including phenoxy) is 2. The number of para-hydroxylation sites is 1. The molecule has 0 aliphatic carbocycles. The third-order valence-electron chi connectivity index (χ3n) is 3.13. The Morgan fingerprint density at radius 2 is 1.91 bits per heavy atom. The lowest BCUT2D eigenvalue weighted by molar-refractivity contribution is -0.118. The van der Waals surface area contributed by atoms with Gasteiger partial charge in [0.2, 0.25) is 0 Å². The summed E-state index contributed by atoms with van der Waals surface area (Å²) in [5, 5.41) is 2.79. The lowest BCUT2D eigenvalue weighted by Gasteiger charge is -2.11. The molecule has 1 amide bonds. The van der Waals surface area contributed by atoms with Crippen LogP contribution in [-0.4, -0.2) is 25.6 Å². The Bertz CT molecular complexity index is 730. The number of esters is 1. The molecule has 120 valence electrons. The highest BCUT2D eigenvalue weighted by atomic mass is 79.9. The SMILES string of the molecule is COC(=O)c1ccc(OCC(=O)Nc2ccccc2C)c(Br)c1. The second-order valence-corrected chi connectivity index (χ2v) is 5.64. The van der Waals surface area contributed by atoms with E-state index in [0.29, 0.717) is 15.8 Å². The minimum Gasteiger partial charge on any atom is -0.483 e. The highest BCUT2D eigenvalue weighted by Crippen LogP contribution is 2.26. The third-order valence-corrected chi connectivity index (χ3v) is 3.75. The number of nitrogens with one attached hydrogen (secondary N) is 1. The van der Waals surface area contributed by atoms with Gasteiger partial charge in [0.05, 0.1) is 17.1 Å². The molecule has 0 radical (unpaired) electrons. The van der Waals surface area contributed by atoms with E-state index < -0.39 is 5.97 Å². The quantitative estimate of drug-likeness (QED) is 0.809. The zero-order chi connectivity index (χ0) is 16.8. The molecule has 2 rings (SSSR count). The van der Waals surface area contributed by atoms with E-state index in [0.717, 1.165) is 11.3 Å². The molecule has 0 spiro atoms.